The molecule has 1 aromatic heterocycles. The van der Waals surface area contributed by atoms with E-state index in [4.69, 9.17) is 19.6 Å². The summed E-state index contributed by atoms with van der Waals surface area (Å²) in [6.07, 6.45) is 2.24. The number of nitrogens with one attached hydrogen (secondary N) is 1. The van der Waals surface area contributed by atoms with Gasteiger partial charge in [0.15, 0.2) is 17.5 Å². The smallest absolute Gasteiger partial charge is 0.208 e. The molecule has 2 heterocycles. The fourth-order valence-corrected chi connectivity index (χ4v) is 3.61. The van der Waals surface area contributed by atoms with Gasteiger partial charge in [-0.25, -0.2) is 9.98 Å². The molecule has 3 N–H and O–H groups in total. The van der Waals surface area contributed by atoms with Crippen LogP contribution < -0.4 is 20.5 Å². The Bertz CT molecular complexity index is 837. The molecule has 1 aliphatic rings. The van der Waals surface area contributed by atoms with E-state index in [9.17, 15) is 0 Å². The number of aromatic nitrogens is 1. The Kier molecular flexibility index (Phi) is 7.57. The Labute approximate surface area is 178 Å². The van der Waals surface area contributed by atoms with Crippen molar-refractivity contribution < 1.29 is 13.9 Å². The van der Waals surface area contributed by atoms with Crippen LogP contribution >= 0.6 is 0 Å². The van der Waals surface area contributed by atoms with Crippen molar-refractivity contribution in [3.63, 3.8) is 0 Å². The van der Waals surface area contributed by atoms with Crippen LogP contribution in [0, 0.1) is 19.8 Å². The zero-order chi connectivity index (χ0) is 21.5. The summed E-state index contributed by atoms with van der Waals surface area (Å²) in [5, 5.41) is 3.27. The molecule has 8 nitrogen and oxygen atoms in total. The lowest BCUT2D eigenvalue weighted by Crippen LogP contribution is -2.40. The van der Waals surface area contributed by atoms with E-state index in [1.165, 1.54) is 0 Å². The van der Waals surface area contributed by atoms with Gasteiger partial charge in [0.1, 0.15) is 5.76 Å². The van der Waals surface area contributed by atoms with E-state index in [0.29, 0.717) is 29.9 Å². The average molecular weight is 416 g/mol. The number of likely N-dealkylation sites (tertiary alicyclic amines) is 1. The molecular formula is C22H33N5O3. The molecule has 0 aliphatic carbocycles. The highest BCUT2D eigenvalue weighted by Crippen LogP contribution is 2.27. The first-order valence-corrected chi connectivity index (χ1v) is 10.4. The van der Waals surface area contributed by atoms with Gasteiger partial charge in [-0.2, -0.15) is 0 Å². The average Bonchev–Trinajstić information content (AvgIpc) is 3.08. The van der Waals surface area contributed by atoms with Gasteiger partial charge >= 0.3 is 0 Å². The van der Waals surface area contributed by atoms with E-state index in [-0.39, 0.29) is 0 Å². The lowest BCUT2D eigenvalue weighted by molar-refractivity contribution is 0.164. The molecule has 8 heteroatoms. The summed E-state index contributed by atoms with van der Waals surface area (Å²) in [5.74, 6) is 4.18. The number of piperidine rings is 1. The first-order valence-electron chi connectivity index (χ1n) is 10.4. The summed E-state index contributed by atoms with van der Waals surface area (Å²) in [6.45, 7) is 8.13. The second-order valence-corrected chi connectivity index (χ2v) is 7.74. The van der Waals surface area contributed by atoms with Crippen molar-refractivity contribution >= 4 is 5.96 Å². The van der Waals surface area contributed by atoms with Gasteiger partial charge < -0.3 is 24.9 Å². The molecule has 0 unspecified atom stereocenters. The van der Waals surface area contributed by atoms with Crippen molar-refractivity contribution in [3.8, 4) is 11.5 Å². The van der Waals surface area contributed by atoms with Crippen molar-refractivity contribution in [2.75, 3.05) is 33.9 Å². The normalized spacial score (nSPS) is 15.9. The maximum Gasteiger partial charge on any atom is 0.208 e. The van der Waals surface area contributed by atoms with Crippen molar-refractivity contribution in [1.82, 2.24) is 15.2 Å². The van der Waals surface area contributed by atoms with Crippen molar-refractivity contribution in [1.29, 1.82) is 0 Å². The molecule has 1 aromatic carbocycles. The molecule has 0 atom stereocenters. The molecule has 164 valence electrons. The molecule has 0 saturated carbocycles. The fraction of sp³-hybridized carbons (Fsp3) is 0.545. The number of oxazole rings is 1. The number of guanidine groups is 1. The number of nitrogens with two attached hydrogens (primary N) is 1. The molecule has 30 heavy (non-hydrogen) atoms. The molecule has 0 radical (unpaired) electrons. The quantitative estimate of drug-likeness (QED) is 0.505. The minimum atomic E-state index is 0.470. The van der Waals surface area contributed by atoms with Crippen LogP contribution in [0.4, 0.5) is 0 Å². The summed E-state index contributed by atoms with van der Waals surface area (Å²) < 4.78 is 16.3. The lowest BCUT2D eigenvalue weighted by Gasteiger charge is -2.31. The van der Waals surface area contributed by atoms with Crippen LogP contribution in [0.2, 0.25) is 0 Å². The van der Waals surface area contributed by atoms with E-state index in [1.807, 2.05) is 32.0 Å². The molecule has 1 fully saturated rings. The van der Waals surface area contributed by atoms with Crippen LogP contribution in [0.15, 0.2) is 27.6 Å². The minimum Gasteiger partial charge on any atom is -0.493 e. The highest BCUT2D eigenvalue weighted by Gasteiger charge is 2.21. The molecular weight excluding hydrogens is 382 g/mol. The van der Waals surface area contributed by atoms with E-state index in [1.54, 1.807) is 14.2 Å². The van der Waals surface area contributed by atoms with E-state index < -0.39 is 0 Å². The van der Waals surface area contributed by atoms with Crippen LogP contribution in [0.25, 0.3) is 0 Å². The second kappa shape index (κ2) is 10.3. The van der Waals surface area contributed by atoms with Crippen molar-refractivity contribution in [3.05, 3.63) is 41.1 Å². The summed E-state index contributed by atoms with van der Waals surface area (Å²) in [5.41, 5.74) is 8.06. The number of nitrogens with zero attached hydrogens (tertiary/aromatic N) is 3. The first-order chi connectivity index (χ1) is 14.5. The Hall–Kier alpha value is -2.74. The van der Waals surface area contributed by atoms with Crippen molar-refractivity contribution in [2.45, 2.75) is 39.8 Å². The number of ether oxygens (including phenoxy) is 2. The highest BCUT2D eigenvalue weighted by molar-refractivity contribution is 5.77. The van der Waals surface area contributed by atoms with Crippen LogP contribution in [0.3, 0.4) is 0 Å². The molecule has 3 rings (SSSR count). The summed E-state index contributed by atoms with van der Waals surface area (Å²) >= 11 is 0. The van der Waals surface area contributed by atoms with Gasteiger partial charge in [-0.05, 0) is 63.4 Å². The van der Waals surface area contributed by atoms with Crippen LogP contribution in [0.1, 0.15) is 35.7 Å². The predicted octanol–water partition coefficient (Wildman–Crippen LogP) is 2.63. The number of aryl methyl sites for hydroxylation is 2. The number of hydrogen-bond donors (Lipinski definition) is 2. The first kappa shape index (κ1) is 22.0. The number of benzene rings is 1. The molecule has 0 spiro atoms. The second-order valence-electron chi connectivity index (χ2n) is 7.74. The maximum absolute atomic E-state index is 6.06. The van der Waals surface area contributed by atoms with Gasteiger partial charge in [0.05, 0.1) is 33.0 Å². The van der Waals surface area contributed by atoms with Crippen LogP contribution in [-0.4, -0.2) is 49.7 Å². The highest BCUT2D eigenvalue weighted by atomic mass is 16.5. The Morgan fingerprint density at radius 3 is 2.60 bits per heavy atom. The molecule has 0 bridgehead atoms. The number of aliphatic imine (C=N–C) groups is 1. The largest absolute Gasteiger partial charge is 0.493 e. The molecule has 2 aromatic rings. The molecule has 1 aliphatic heterocycles. The molecule has 0 amide bonds. The van der Waals surface area contributed by atoms with Gasteiger partial charge in [-0.15, -0.1) is 0 Å². The third kappa shape index (κ3) is 5.89. The van der Waals surface area contributed by atoms with Gasteiger partial charge in [-0.3, -0.25) is 4.90 Å². The summed E-state index contributed by atoms with van der Waals surface area (Å²) in [6, 6.07) is 5.76. The molecule has 1 saturated heterocycles. The van der Waals surface area contributed by atoms with Crippen LogP contribution in [0.5, 0.6) is 11.5 Å². The van der Waals surface area contributed by atoms with Gasteiger partial charge in [0.2, 0.25) is 5.89 Å². The summed E-state index contributed by atoms with van der Waals surface area (Å²) in [7, 11) is 3.25. The van der Waals surface area contributed by atoms with Gasteiger partial charge in [0.25, 0.3) is 0 Å². The Morgan fingerprint density at radius 2 is 1.97 bits per heavy atom. The van der Waals surface area contributed by atoms with Crippen molar-refractivity contribution in [2.24, 2.45) is 16.6 Å². The lowest BCUT2D eigenvalue weighted by atomic mass is 9.97. The minimum absolute atomic E-state index is 0.470. The van der Waals surface area contributed by atoms with Crippen LogP contribution in [-0.2, 0) is 13.1 Å². The number of rotatable bonds is 8. The van der Waals surface area contributed by atoms with E-state index >= 15 is 0 Å². The monoisotopic (exact) mass is 415 g/mol. The maximum atomic E-state index is 6.06. The van der Waals surface area contributed by atoms with Gasteiger partial charge in [-0.1, -0.05) is 6.07 Å². The Balaban J connectivity index is 1.40. The fourth-order valence-electron chi connectivity index (χ4n) is 3.61. The Morgan fingerprint density at radius 1 is 1.23 bits per heavy atom. The zero-order valence-corrected chi connectivity index (χ0v) is 18.4. The zero-order valence-electron chi connectivity index (χ0n) is 18.4. The predicted molar refractivity (Wildman–Crippen MR) is 117 cm³/mol. The number of methoxy groups -OCH3 is 2. The third-order valence-corrected chi connectivity index (χ3v) is 5.59. The SMILES string of the molecule is COc1ccc(CN=C(N)NCC2CCN(Cc3nc(C)c(C)o3)CC2)cc1OC. The topological polar surface area (TPSA) is 98.1 Å². The standard InChI is InChI=1S/C22H33N5O3/c1-15-16(2)30-21(26-15)14-27-9-7-17(8-10-27)12-24-22(23)25-13-18-5-6-19(28-3)20(11-18)29-4/h5-6,11,17H,7-10,12-14H2,1-4H3,(H3,23,24,25). The van der Waals surface area contributed by atoms with E-state index in [2.05, 4.69) is 20.2 Å². The summed E-state index contributed by atoms with van der Waals surface area (Å²) in [4.78, 5) is 11.3. The van der Waals surface area contributed by atoms with E-state index in [0.717, 1.165) is 61.9 Å². The third-order valence-electron chi connectivity index (χ3n) is 5.59. The number of hydrogen-bond acceptors (Lipinski definition) is 6. The van der Waals surface area contributed by atoms with Gasteiger partial charge in [0, 0.05) is 6.54 Å².